The first-order chi connectivity index (χ1) is 13.3. The minimum absolute atomic E-state index is 0.166. The van der Waals surface area contributed by atoms with Gasteiger partial charge in [-0.2, -0.15) is 0 Å². The molecule has 0 saturated carbocycles. The molecule has 0 radical (unpaired) electrons. The van der Waals surface area contributed by atoms with Crippen LogP contribution in [0, 0.1) is 0 Å². The molecular weight excluding hydrogens is 408 g/mol. The summed E-state index contributed by atoms with van der Waals surface area (Å²) >= 11 is 1.53. The maximum atomic E-state index is 12.1. The van der Waals surface area contributed by atoms with Crippen LogP contribution < -0.4 is 21.3 Å². The maximum Gasteiger partial charge on any atom is 0.286 e. The highest BCUT2D eigenvalue weighted by Gasteiger charge is 2.34. The highest BCUT2D eigenvalue weighted by atomic mass is 32.2. The molecule has 2 saturated heterocycles. The average Bonchev–Trinajstić information content (AvgIpc) is 3.07. The Labute approximate surface area is 166 Å². The Morgan fingerprint density at radius 2 is 1.25 bits per heavy atom. The van der Waals surface area contributed by atoms with Gasteiger partial charge in [0, 0.05) is 24.2 Å². The molecule has 2 heterocycles. The van der Waals surface area contributed by atoms with Crippen molar-refractivity contribution in [3.05, 3.63) is 24.3 Å². The Morgan fingerprint density at radius 1 is 0.821 bits per heavy atom. The molecular formula is C16H14N4O6S2. The molecule has 1 aromatic rings. The van der Waals surface area contributed by atoms with Gasteiger partial charge in [-0.1, -0.05) is 29.6 Å². The smallest absolute Gasteiger partial charge is 0.286 e. The van der Waals surface area contributed by atoms with Gasteiger partial charge >= 0.3 is 0 Å². The van der Waals surface area contributed by atoms with E-state index in [2.05, 4.69) is 21.3 Å². The van der Waals surface area contributed by atoms with Crippen LogP contribution >= 0.6 is 23.5 Å². The van der Waals surface area contributed by atoms with E-state index in [9.17, 15) is 28.8 Å². The molecule has 4 N–H and O–H groups in total. The van der Waals surface area contributed by atoms with E-state index in [-0.39, 0.29) is 12.8 Å². The monoisotopic (exact) mass is 422 g/mol. The number of carbonyl (C=O) groups excluding carboxylic acids is 6. The zero-order valence-corrected chi connectivity index (χ0v) is 15.8. The van der Waals surface area contributed by atoms with E-state index < -0.39 is 44.6 Å². The highest BCUT2D eigenvalue weighted by Crippen LogP contribution is 2.24. The van der Waals surface area contributed by atoms with E-state index in [1.165, 1.54) is 6.07 Å². The summed E-state index contributed by atoms with van der Waals surface area (Å²) in [5.74, 6) is -1.91. The topological polar surface area (TPSA) is 151 Å². The van der Waals surface area contributed by atoms with E-state index in [0.717, 1.165) is 23.5 Å². The Balaban J connectivity index is 1.53. The quantitative estimate of drug-likeness (QED) is 0.531. The second-order valence-corrected chi connectivity index (χ2v) is 8.20. The Kier molecular flexibility index (Phi) is 5.99. The SMILES string of the molecule is O=C(CC1SC(=O)NC1=O)Nc1cccc(NC(=O)CC2SC(=O)NC2=O)c1. The van der Waals surface area contributed by atoms with Crippen molar-refractivity contribution in [3.8, 4) is 0 Å². The number of amides is 6. The number of rotatable bonds is 6. The van der Waals surface area contributed by atoms with Crippen molar-refractivity contribution < 1.29 is 28.8 Å². The van der Waals surface area contributed by atoms with Crippen LogP contribution in [0.15, 0.2) is 24.3 Å². The lowest BCUT2D eigenvalue weighted by Gasteiger charge is -2.10. The number of benzene rings is 1. The van der Waals surface area contributed by atoms with Crippen molar-refractivity contribution >= 4 is 69.0 Å². The van der Waals surface area contributed by atoms with Gasteiger partial charge in [-0.3, -0.25) is 39.4 Å². The Morgan fingerprint density at radius 3 is 1.61 bits per heavy atom. The van der Waals surface area contributed by atoms with Crippen LogP contribution in [-0.4, -0.2) is 44.6 Å². The highest BCUT2D eigenvalue weighted by molar-refractivity contribution is 8.15. The molecule has 146 valence electrons. The minimum atomic E-state index is -0.770. The molecule has 0 bridgehead atoms. The number of thioether (sulfide) groups is 2. The van der Waals surface area contributed by atoms with Gasteiger partial charge < -0.3 is 10.6 Å². The summed E-state index contributed by atoms with van der Waals surface area (Å²) in [6.45, 7) is 0. The van der Waals surface area contributed by atoms with Crippen LogP contribution in [0.25, 0.3) is 0 Å². The second-order valence-electron chi connectivity index (χ2n) is 5.85. The average molecular weight is 422 g/mol. The van der Waals surface area contributed by atoms with Crippen LogP contribution in [-0.2, 0) is 19.2 Å². The van der Waals surface area contributed by atoms with E-state index in [0.29, 0.717) is 11.4 Å². The van der Waals surface area contributed by atoms with Crippen LogP contribution in [0.4, 0.5) is 21.0 Å². The second kappa shape index (κ2) is 8.44. The lowest BCUT2D eigenvalue weighted by molar-refractivity contribution is -0.122. The third-order valence-electron chi connectivity index (χ3n) is 3.71. The molecule has 28 heavy (non-hydrogen) atoms. The van der Waals surface area contributed by atoms with Gasteiger partial charge in [0.2, 0.25) is 23.6 Å². The summed E-state index contributed by atoms with van der Waals surface area (Å²) in [5, 5.41) is 6.90. The number of hydrogen-bond acceptors (Lipinski definition) is 8. The van der Waals surface area contributed by atoms with Gasteiger partial charge in [0.1, 0.15) is 10.5 Å². The predicted molar refractivity (Wildman–Crippen MR) is 103 cm³/mol. The lowest BCUT2D eigenvalue weighted by Crippen LogP contribution is -2.28. The third kappa shape index (κ3) is 5.10. The molecule has 0 aliphatic carbocycles. The molecule has 2 atom stereocenters. The zero-order valence-electron chi connectivity index (χ0n) is 14.1. The molecule has 10 nitrogen and oxygen atoms in total. The molecule has 6 amide bonds. The number of hydrogen-bond donors (Lipinski definition) is 4. The van der Waals surface area contributed by atoms with Gasteiger partial charge in [-0.15, -0.1) is 0 Å². The van der Waals surface area contributed by atoms with E-state index >= 15 is 0 Å². The van der Waals surface area contributed by atoms with Gasteiger partial charge in [0.05, 0.1) is 0 Å². The van der Waals surface area contributed by atoms with Crippen molar-refractivity contribution in [1.29, 1.82) is 0 Å². The third-order valence-corrected chi connectivity index (χ3v) is 5.67. The fraction of sp³-hybridized carbons (Fsp3) is 0.250. The summed E-state index contributed by atoms with van der Waals surface area (Å²) in [4.78, 5) is 69.4. The zero-order chi connectivity index (χ0) is 20.3. The first-order valence-electron chi connectivity index (χ1n) is 8.03. The van der Waals surface area contributed by atoms with E-state index in [1.807, 2.05) is 0 Å². The summed E-state index contributed by atoms with van der Waals surface area (Å²) in [7, 11) is 0. The van der Waals surface area contributed by atoms with Crippen LogP contribution in [0.1, 0.15) is 12.8 Å². The normalized spacial score (nSPS) is 21.3. The molecule has 0 aromatic heterocycles. The van der Waals surface area contributed by atoms with Crippen molar-refractivity contribution in [2.75, 3.05) is 10.6 Å². The summed E-state index contributed by atoms with van der Waals surface area (Å²) in [5.41, 5.74) is 0.779. The molecule has 2 unspecified atom stereocenters. The lowest BCUT2D eigenvalue weighted by atomic mass is 10.2. The molecule has 0 spiro atoms. The molecule has 2 aliphatic heterocycles. The largest absolute Gasteiger partial charge is 0.326 e. The number of nitrogens with one attached hydrogen (secondary N) is 4. The van der Waals surface area contributed by atoms with Gasteiger partial charge in [-0.05, 0) is 18.2 Å². The molecule has 2 aliphatic rings. The van der Waals surface area contributed by atoms with Crippen LogP contribution in [0.3, 0.4) is 0 Å². The van der Waals surface area contributed by atoms with E-state index in [1.54, 1.807) is 18.2 Å². The predicted octanol–water partition coefficient (Wildman–Crippen LogP) is 1.05. The standard InChI is InChI=1S/C16H14N4O6S2/c21-11(5-9-13(23)19-15(25)27-9)17-7-2-1-3-8(4-7)18-12(22)6-10-14(24)20-16(26)28-10/h1-4,9-10H,5-6H2,(H,17,21)(H,18,22)(H,19,23,25)(H,20,24,26). The molecule has 12 heteroatoms. The van der Waals surface area contributed by atoms with Crippen molar-refractivity contribution in [2.45, 2.75) is 23.3 Å². The first kappa shape index (κ1) is 19.9. The fourth-order valence-electron chi connectivity index (χ4n) is 2.49. The Bertz CT molecular complexity index is 822. The first-order valence-corrected chi connectivity index (χ1v) is 9.79. The van der Waals surface area contributed by atoms with Crippen LogP contribution in [0.5, 0.6) is 0 Å². The fourth-order valence-corrected chi connectivity index (χ4v) is 4.13. The molecule has 3 rings (SSSR count). The van der Waals surface area contributed by atoms with Gasteiger partial charge in [0.25, 0.3) is 10.5 Å². The molecule has 2 fully saturated rings. The summed E-state index contributed by atoms with van der Waals surface area (Å²) in [6, 6.07) is 6.31. The molecule has 1 aromatic carbocycles. The summed E-state index contributed by atoms with van der Waals surface area (Å²) in [6.07, 6.45) is -0.332. The van der Waals surface area contributed by atoms with Crippen LogP contribution in [0.2, 0.25) is 0 Å². The van der Waals surface area contributed by atoms with Gasteiger partial charge in [0.15, 0.2) is 0 Å². The minimum Gasteiger partial charge on any atom is -0.326 e. The van der Waals surface area contributed by atoms with E-state index in [4.69, 9.17) is 0 Å². The Hall–Kier alpha value is -2.86. The number of carbonyl (C=O) groups is 6. The van der Waals surface area contributed by atoms with Crippen molar-refractivity contribution in [1.82, 2.24) is 10.6 Å². The maximum absolute atomic E-state index is 12.1. The summed E-state index contributed by atoms with van der Waals surface area (Å²) < 4.78 is 0. The van der Waals surface area contributed by atoms with Gasteiger partial charge in [-0.25, -0.2) is 0 Å². The van der Waals surface area contributed by atoms with Crippen molar-refractivity contribution in [2.24, 2.45) is 0 Å². The number of anilines is 2. The van der Waals surface area contributed by atoms with Crippen molar-refractivity contribution in [3.63, 3.8) is 0 Å². The number of imide groups is 2.